The van der Waals surface area contributed by atoms with Crippen LogP contribution in [0.15, 0.2) is 64.5 Å². The number of fused-ring (bicyclic) bond motifs is 1. The minimum absolute atomic E-state index is 0.217. The molecule has 3 aromatic rings. The molecule has 3 N–H and O–H groups in total. The van der Waals surface area contributed by atoms with Crippen molar-refractivity contribution in [3.8, 4) is 0 Å². The first-order chi connectivity index (χ1) is 10.3. The maximum atomic E-state index is 12.1. The molecular weight excluding hydrogens is 264 g/mol. The van der Waals surface area contributed by atoms with E-state index in [2.05, 4.69) is 15.1 Å². The van der Waals surface area contributed by atoms with E-state index in [1.807, 2.05) is 54.6 Å². The van der Waals surface area contributed by atoms with Crippen LogP contribution in [0.2, 0.25) is 0 Å². The smallest absolute Gasteiger partial charge is 0.270 e. The van der Waals surface area contributed by atoms with Crippen LogP contribution in [0.4, 0.5) is 0 Å². The molecule has 3 rings (SSSR count). The van der Waals surface area contributed by atoms with Crippen molar-refractivity contribution < 1.29 is 0 Å². The van der Waals surface area contributed by atoms with Crippen molar-refractivity contribution in [2.24, 2.45) is 10.9 Å². The Morgan fingerprint density at radius 1 is 1.10 bits per heavy atom. The molecule has 2 aromatic carbocycles. The fourth-order valence-corrected chi connectivity index (χ4v) is 2.20. The van der Waals surface area contributed by atoms with Crippen molar-refractivity contribution in [2.45, 2.75) is 6.42 Å². The van der Waals surface area contributed by atoms with Crippen molar-refractivity contribution in [2.75, 3.05) is 0 Å². The van der Waals surface area contributed by atoms with E-state index < -0.39 is 0 Å². The predicted octanol–water partition coefficient (Wildman–Crippen LogP) is 1.83. The van der Waals surface area contributed by atoms with Gasteiger partial charge in [0.15, 0.2) is 0 Å². The fraction of sp³-hybridized carbons (Fsp3) is 0.0625. The SMILES string of the molecule is N/N=C(/Cc1nc2ccccc2[nH]c1=O)c1ccccc1. The number of hydrogen-bond acceptors (Lipinski definition) is 4. The summed E-state index contributed by atoms with van der Waals surface area (Å²) < 4.78 is 0. The average molecular weight is 278 g/mol. The van der Waals surface area contributed by atoms with Crippen LogP contribution in [0.25, 0.3) is 11.0 Å². The summed E-state index contributed by atoms with van der Waals surface area (Å²) in [5, 5.41) is 3.80. The Labute approximate surface area is 121 Å². The number of aromatic nitrogens is 2. The molecule has 0 aliphatic rings. The number of rotatable bonds is 3. The van der Waals surface area contributed by atoms with Crippen LogP contribution >= 0.6 is 0 Å². The lowest BCUT2D eigenvalue weighted by Crippen LogP contribution is -2.20. The van der Waals surface area contributed by atoms with Crippen LogP contribution in [0.3, 0.4) is 0 Å². The van der Waals surface area contributed by atoms with Crippen molar-refractivity contribution in [3.05, 3.63) is 76.2 Å². The van der Waals surface area contributed by atoms with E-state index in [1.165, 1.54) is 0 Å². The third-order valence-electron chi connectivity index (χ3n) is 3.27. The van der Waals surface area contributed by atoms with Gasteiger partial charge in [-0.15, -0.1) is 0 Å². The second-order valence-corrected chi connectivity index (χ2v) is 4.65. The van der Waals surface area contributed by atoms with Crippen molar-refractivity contribution >= 4 is 16.7 Å². The van der Waals surface area contributed by atoms with Gasteiger partial charge in [0.05, 0.1) is 16.7 Å². The second-order valence-electron chi connectivity index (χ2n) is 4.65. The molecule has 104 valence electrons. The number of benzene rings is 2. The number of hydrogen-bond donors (Lipinski definition) is 2. The Hall–Kier alpha value is -2.95. The normalized spacial score (nSPS) is 11.7. The molecule has 1 aromatic heterocycles. The van der Waals surface area contributed by atoms with Gasteiger partial charge >= 0.3 is 0 Å². The van der Waals surface area contributed by atoms with Gasteiger partial charge in [0.1, 0.15) is 5.69 Å². The lowest BCUT2D eigenvalue weighted by Gasteiger charge is -2.05. The van der Waals surface area contributed by atoms with E-state index in [0.29, 0.717) is 17.8 Å². The highest BCUT2D eigenvalue weighted by molar-refractivity contribution is 6.01. The zero-order chi connectivity index (χ0) is 14.7. The molecule has 0 atom stereocenters. The van der Waals surface area contributed by atoms with Crippen LogP contribution in [0.5, 0.6) is 0 Å². The highest BCUT2D eigenvalue weighted by atomic mass is 16.1. The number of nitrogens with one attached hydrogen (secondary N) is 1. The van der Waals surface area contributed by atoms with E-state index in [0.717, 1.165) is 16.6 Å². The standard InChI is InChI=1S/C16H14N4O/c17-20-14(11-6-2-1-3-7-11)10-15-16(21)19-13-9-5-4-8-12(13)18-15/h1-9H,10,17H2,(H,19,21)/b20-14-. The van der Waals surface area contributed by atoms with Crippen LogP contribution < -0.4 is 11.4 Å². The van der Waals surface area contributed by atoms with E-state index in [1.54, 1.807) is 0 Å². The van der Waals surface area contributed by atoms with E-state index in [-0.39, 0.29) is 5.56 Å². The van der Waals surface area contributed by atoms with E-state index in [4.69, 9.17) is 5.84 Å². The van der Waals surface area contributed by atoms with Gasteiger partial charge < -0.3 is 10.8 Å². The zero-order valence-electron chi connectivity index (χ0n) is 11.3. The number of aromatic amines is 1. The molecule has 0 radical (unpaired) electrons. The molecule has 1 heterocycles. The van der Waals surface area contributed by atoms with Crippen molar-refractivity contribution in [1.29, 1.82) is 0 Å². The topological polar surface area (TPSA) is 84.1 Å². The van der Waals surface area contributed by atoms with Gasteiger partial charge in [0.2, 0.25) is 0 Å². The molecule has 0 spiro atoms. The number of para-hydroxylation sites is 2. The van der Waals surface area contributed by atoms with Gasteiger partial charge in [0, 0.05) is 6.42 Å². The Kier molecular flexibility index (Phi) is 3.47. The maximum absolute atomic E-state index is 12.1. The lowest BCUT2D eigenvalue weighted by atomic mass is 10.1. The molecule has 0 amide bonds. The summed E-state index contributed by atoms with van der Waals surface area (Å²) >= 11 is 0. The Morgan fingerprint density at radius 3 is 2.57 bits per heavy atom. The number of nitrogens with two attached hydrogens (primary N) is 1. The molecule has 0 aliphatic heterocycles. The summed E-state index contributed by atoms with van der Waals surface area (Å²) in [6, 6.07) is 16.9. The van der Waals surface area contributed by atoms with Crippen LogP contribution in [0, 0.1) is 0 Å². The van der Waals surface area contributed by atoms with Gasteiger partial charge in [-0.2, -0.15) is 5.10 Å². The molecule has 0 unspecified atom stereocenters. The molecule has 5 heteroatoms. The Balaban J connectivity index is 2.01. The highest BCUT2D eigenvalue weighted by Crippen LogP contribution is 2.08. The summed E-state index contributed by atoms with van der Waals surface area (Å²) in [6.07, 6.45) is 0.292. The highest BCUT2D eigenvalue weighted by Gasteiger charge is 2.10. The fourth-order valence-electron chi connectivity index (χ4n) is 2.20. The molecule has 0 bridgehead atoms. The number of nitrogens with zero attached hydrogens (tertiary/aromatic N) is 2. The maximum Gasteiger partial charge on any atom is 0.270 e. The summed E-state index contributed by atoms with van der Waals surface area (Å²) in [5.41, 5.74) is 3.17. The molecule has 21 heavy (non-hydrogen) atoms. The van der Waals surface area contributed by atoms with Crippen LogP contribution in [-0.2, 0) is 6.42 Å². The van der Waals surface area contributed by atoms with Crippen molar-refractivity contribution in [1.82, 2.24) is 9.97 Å². The molecule has 0 fully saturated rings. The Morgan fingerprint density at radius 2 is 1.81 bits per heavy atom. The molecule has 0 aliphatic carbocycles. The predicted molar refractivity (Wildman–Crippen MR) is 83.2 cm³/mol. The van der Waals surface area contributed by atoms with Gasteiger partial charge in [-0.3, -0.25) is 4.79 Å². The lowest BCUT2D eigenvalue weighted by molar-refractivity contribution is 1.06. The molecular formula is C16H14N4O. The van der Waals surface area contributed by atoms with Gasteiger partial charge in [-0.25, -0.2) is 4.98 Å². The zero-order valence-corrected chi connectivity index (χ0v) is 11.3. The third kappa shape index (κ3) is 2.67. The second kappa shape index (κ2) is 5.58. The first-order valence-electron chi connectivity index (χ1n) is 6.58. The van der Waals surface area contributed by atoms with Gasteiger partial charge in [-0.05, 0) is 17.7 Å². The molecule has 5 nitrogen and oxygen atoms in total. The minimum atomic E-state index is -0.217. The largest absolute Gasteiger partial charge is 0.323 e. The van der Waals surface area contributed by atoms with Gasteiger partial charge in [0.25, 0.3) is 5.56 Å². The minimum Gasteiger partial charge on any atom is -0.323 e. The summed E-state index contributed by atoms with van der Waals surface area (Å²) in [7, 11) is 0. The summed E-state index contributed by atoms with van der Waals surface area (Å²) in [6.45, 7) is 0. The monoisotopic (exact) mass is 278 g/mol. The van der Waals surface area contributed by atoms with Crippen LogP contribution in [0.1, 0.15) is 11.3 Å². The first-order valence-corrected chi connectivity index (χ1v) is 6.58. The summed E-state index contributed by atoms with van der Waals surface area (Å²) in [4.78, 5) is 19.3. The van der Waals surface area contributed by atoms with Crippen LogP contribution in [-0.4, -0.2) is 15.7 Å². The Bertz CT molecular complexity index is 853. The average Bonchev–Trinajstić information content (AvgIpc) is 2.53. The van der Waals surface area contributed by atoms with Crippen molar-refractivity contribution in [3.63, 3.8) is 0 Å². The van der Waals surface area contributed by atoms with E-state index in [9.17, 15) is 4.79 Å². The van der Waals surface area contributed by atoms with E-state index >= 15 is 0 Å². The quantitative estimate of drug-likeness (QED) is 0.435. The number of hydrazone groups is 1. The molecule has 0 saturated heterocycles. The third-order valence-corrected chi connectivity index (χ3v) is 3.27. The van der Waals surface area contributed by atoms with Gasteiger partial charge in [-0.1, -0.05) is 42.5 Å². The molecule has 0 saturated carbocycles. The summed E-state index contributed by atoms with van der Waals surface area (Å²) in [5.74, 6) is 5.46. The first kappa shape index (κ1) is 13.1. The number of H-pyrrole nitrogens is 1.